The quantitative estimate of drug-likeness (QED) is 0.312. The Hall–Kier alpha value is -2.83. The molecule has 1 saturated heterocycles. The summed E-state index contributed by atoms with van der Waals surface area (Å²) in [5.74, 6) is -0.650. The van der Waals surface area contributed by atoms with Crippen LogP contribution in [0.15, 0.2) is 71.6 Å². The first-order valence-electron chi connectivity index (χ1n) is 12.6. The fourth-order valence-electron chi connectivity index (χ4n) is 4.31. The molecule has 3 aromatic carbocycles. The molecule has 1 fully saturated rings. The van der Waals surface area contributed by atoms with Crippen molar-refractivity contribution >= 4 is 60.5 Å². The number of anilines is 2. The van der Waals surface area contributed by atoms with Gasteiger partial charge in [0.25, 0.3) is 10.0 Å². The van der Waals surface area contributed by atoms with Gasteiger partial charge in [-0.05, 0) is 80.4 Å². The van der Waals surface area contributed by atoms with E-state index in [0.29, 0.717) is 48.7 Å². The first-order chi connectivity index (χ1) is 19.0. The number of carbonyl (C=O) groups excluding carboxylic acids is 1. The Morgan fingerprint density at radius 1 is 0.950 bits per heavy atom. The maximum atomic E-state index is 13.1. The molecule has 1 amide bonds. The van der Waals surface area contributed by atoms with Crippen LogP contribution in [0.4, 0.5) is 11.4 Å². The van der Waals surface area contributed by atoms with Crippen LogP contribution in [-0.2, 0) is 30.6 Å². The number of hydrogen-bond acceptors (Lipinski definition) is 6. The molecule has 0 saturated carbocycles. The Bertz CT molecular complexity index is 1540. The first kappa shape index (κ1) is 30.1. The molecule has 1 atom stereocenters. The number of ether oxygens (including phenoxy) is 1. The van der Waals surface area contributed by atoms with Gasteiger partial charge in [0.2, 0.25) is 15.9 Å². The van der Waals surface area contributed by atoms with Crippen molar-refractivity contribution in [3.05, 3.63) is 82.3 Å². The van der Waals surface area contributed by atoms with E-state index in [9.17, 15) is 21.6 Å². The Morgan fingerprint density at radius 3 is 2.20 bits per heavy atom. The van der Waals surface area contributed by atoms with Crippen molar-refractivity contribution in [1.82, 2.24) is 4.31 Å². The molecule has 0 aliphatic carbocycles. The zero-order chi connectivity index (χ0) is 28.9. The normalized spacial score (nSPS) is 16.3. The number of hydrogen-bond donors (Lipinski definition) is 2. The molecule has 3 aromatic rings. The lowest BCUT2D eigenvalue weighted by Gasteiger charge is -2.31. The summed E-state index contributed by atoms with van der Waals surface area (Å²) in [6.07, 6.45) is 1.03. The zero-order valence-corrected chi connectivity index (χ0v) is 24.8. The van der Waals surface area contributed by atoms with Crippen molar-refractivity contribution in [3.8, 4) is 5.75 Å². The average Bonchev–Trinajstić information content (AvgIpc) is 2.92. The van der Waals surface area contributed by atoms with Crippen LogP contribution in [0, 0.1) is 5.92 Å². The van der Waals surface area contributed by atoms with Crippen LogP contribution in [0.25, 0.3) is 0 Å². The lowest BCUT2D eigenvalue weighted by atomic mass is 9.99. The summed E-state index contributed by atoms with van der Waals surface area (Å²) in [5.41, 5.74) is 1.10. The number of sulfonamides is 2. The minimum absolute atomic E-state index is 0.0209. The summed E-state index contributed by atoms with van der Waals surface area (Å²) in [6, 6.07) is 17.1. The van der Waals surface area contributed by atoms with Crippen molar-refractivity contribution in [2.75, 3.05) is 29.7 Å². The number of halogens is 2. The molecule has 4 rings (SSSR count). The van der Waals surface area contributed by atoms with E-state index in [4.69, 9.17) is 27.9 Å². The summed E-state index contributed by atoms with van der Waals surface area (Å²) in [7, 11) is -7.63. The molecule has 0 radical (unpaired) electrons. The second kappa shape index (κ2) is 12.8. The van der Waals surface area contributed by atoms with Crippen molar-refractivity contribution in [2.24, 2.45) is 5.92 Å². The van der Waals surface area contributed by atoms with Crippen molar-refractivity contribution in [3.63, 3.8) is 0 Å². The minimum atomic E-state index is -3.86. The Kier molecular flexibility index (Phi) is 9.63. The highest BCUT2D eigenvalue weighted by Gasteiger charge is 2.33. The molecule has 9 nitrogen and oxygen atoms in total. The van der Waals surface area contributed by atoms with E-state index in [0.717, 1.165) is 0 Å². The minimum Gasteiger partial charge on any atom is -0.494 e. The van der Waals surface area contributed by atoms with Crippen LogP contribution in [0.1, 0.15) is 25.3 Å². The van der Waals surface area contributed by atoms with Gasteiger partial charge in [-0.25, -0.2) is 21.1 Å². The van der Waals surface area contributed by atoms with Crippen LogP contribution >= 0.6 is 23.2 Å². The van der Waals surface area contributed by atoms with E-state index in [1.54, 1.807) is 42.5 Å². The van der Waals surface area contributed by atoms with Gasteiger partial charge in [0, 0.05) is 40.1 Å². The predicted octanol–water partition coefficient (Wildman–Crippen LogP) is 5.37. The summed E-state index contributed by atoms with van der Waals surface area (Å²) in [4.78, 5) is 13.0. The number of carbonyl (C=O) groups is 1. The largest absolute Gasteiger partial charge is 0.494 e. The predicted molar refractivity (Wildman–Crippen MR) is 157 cm³/mol. The standard InChI is InChI=1S/C27H29Cl2N3O6S2/c1-2-38-22-12-8-21(9-13-22)31-40(36,37)23-14-10-20(11-15-23)30-27(33)19-5-4-16-32(17-19)39(34,35)18-24-25(28)6-3-7-26(24)29/h3,6-15,19,31H,2,4-5,16-18H2,1H3,(H,30,33). The van der Waals surface area contributed by atoms with Gasteiger partial charge in [-0.3, -0.25) is 9.52 Å². The molecule has 214 valence electrons. The third-order valence-electron chi connectivity index (χ3n) is 6.39. The van der Waals surface area contributed by atoms with Gasteiger partial charge in [-0.15, -0.1) is 0 Å². The SMILES string of the molecule is CCOc1ccc(NS(=O)(=O)c2ccc(NC(=O)C3CCCN(S(=O)(=O)Cc4c(Cl)cccc4Cl)C3)cc2)cc1. The average molecular weight is 627 g/mol. The number of amides is 1. The van der Waals surface area contributed by atoms with Gasteiger partial charge in [0.05, 0.1) is 23.2 Å². The van der Waals surface area contributed by atoms with Gasteiger partial charge in [-0.1, -0.05) is 29.3 Å². The molecule has 1 unspecified atom stereocenters. The van der Waals surface area contributed by atoms with Gasteiger partial charge >= 0.3 is 0 Å². The lowest BCUT2D eigenvalue weighted by Crippen LogP contribution is -2.44. The van der Waals surface area contributed by atoms with E-state index in [1.807, 2.05) is 6.92 Å². The van der Waals surface area contributed by atoms with E-state index >= 15 is 0 Å². The zero-order valence-electron chi connectivity index (χ0n) is 21.6. The second-order valence-corrected chi connectivity index (χ2v) is 13.7. The molecule has 40 heavy (non-hydrogen) atoms. The molecule has 1 aliphatic rings. The topological polar surface area (TPSA) is 122 Å². The summed E-state index contributed by atoms with van der Waals surface area (Å²) in [6.45, 7) is 2.68. The highest BCUT2D eigenvalue weighted by Crippen LogP contribution is 2.29. The molecule has 0 bridgehead atoms. The van der Waals surface area contributed by atoms with Crippen molar-refractivity contribution < 1.29 is 26.4 Å². The number of benzene rings is 3. The van der Waals surface area contributed by atoms with E-state index < -0.39 is 26.0 Å². The van der Waals surface area contributed by atoms with Crippen molar-refractivity contribution in [1.29, 1.82) is 0 Å². The third-order valence-corrected chi connectivity index (χ3v) is 10.3. The van der Waals surface area contributed by atoms with Crippen molar-refractivity contribution in [2.45, 2.75) is 30.4 Å². The highest BCUT2D eigenvalue weighted by molar-refractivity contribution is 7.92. The van der Waals surface area contributed by atoms with Crippen LogP contribution in [-0.4, -0.2) is 46.7 Å². The number of nitrogens with one attached hydrogen (secondary N) is 2. The van der Waals surface area contributed by atoms with Gasteiger partial charge in [0.15, 0.2) is 0 Å². The smallest absolute Gasteiger partial charge is 0.261 e. The third kappa shape index (κ3) is 7.46. The van der Waals surface area contributed by atoms with E-state index in [1.165, 1.54) is 28.6 Å². The highest BCUT2D eigenvalue weighted by atomic mass is 35.5. The maximum absolute atomic E-state index is 13.1. The maximum Gasteiger partial charge on any atom is 0.261 e. The van der Waals surface area contributed by atoms with E-state index in [2.05, 4.69) is 10.0 Å². The second-order valence-electron chi connectivity index (χ2n) is 9.23. The Morgan fingerprint density at radius 2 is 1.57 bits per heavy atom. The van der Waals surface area contributed by atoms with Crippen LogP contribution in [0.2, 0.25) is 10.0 Å². The summed E-state index contributed by atoms with van der Waals surface area (Å²) in [5, 5.41) is 3.30. The molecular weight excluding hydrogens is 597 g/mol. The monoisotopic (exact) mass is 625 g/mol. The van der Waals surface area contributed by atoms with Gasteiger partial charge < -0.3 is 10.1 Å². The van der Waals surface area contributed by atoms with Crippen LogP contribution < -0.4 is 14.8 Å². The first-order valence-corrected chi connectivity index (χ1v) is 16.4. The lowest BCUT2D eigenvalue weighted by molar-refractivity contribution is -0.120. The fraction of sp³-hybridized carbons (Fsp3) is 0.296. The molecule has 0 spiro atoms. The summed E-state index contributed by atoms with van der Waals surface area (Å²) < 4.78 is 60.9. The Labute approximate surface area is 244 Å². The Balaban J connectivity index is 1.37. The fourth-order valence-corrected chi connectivity index (χ4v) is 7.74. The van der Waals surface area contributed by atoms with Gasteiger partial charge in [0.1, 0.15) is 5.75 Å². The number of rotatable bonds is 10. The molecule has 1 aliphatic heterocycles. The van der Waals surface area contributed by atoms with Crippen LogP contribution in [0.5, 0.6) is 5.75 Å². The van der Waals surface area contributed by atoms with Gasteiger partial charge in [-0.2, -0.15) is 0 Å². The molecule has 13 heteroatoms. The summed E-state index contributed by atoms with van der Waals surface area (Å²) >= 11 is 12.3. The molecule has 0 aromatic heterocycles. The van der Waals surface area contributed by atoms with E-state index in [-0.39, 0.29) is 33.1 Å². The molecule has 2 N–H and O–H groups in total. The number of nitrogens with zero attached hydrogens (tertiary/aromatic N) is 1. The molecule has 1 heterocycles. The molecular formula is C27H29Cl2N3O6S2. The van der Waals surface area contributed by atoms with Crippen LogP contribution in [0.3, 0.4) is 0 Å². The number of piperidine rings is 1.